The number of halogens is 5. The summed E-state index contributed by atoms with van der Waals surface area (Å²) in [6.45, 7) is 1.81. The van der Waals surface area contributed by atoms with Gasteiger partial charge in [0.15, 0.2) is 0 Å². The number of aryl methyl sites for hydroxylation is 1. The van der Waals surface area contributed by atoms with Crippen LogP contribution in [0.3, 0.4) is 0 Å². The van der Waals surface area contributed by atoms with Gasteiger partial charge < -0.3 is 19.9 Å². The molecule has 10 nitrogen and oxygen atoms in total. The van der Waals surface area contributed by atoms with Gasteiger partial charge in [-0.1, -0.05) is 35.3 Å². The van der Waals surface area contributed by atoms with E-state index in [0.717, 1.165) is 6.07 Å². The number of anilines is 2. The fraction of sp³-hybridized carbons (Fsp3) is 0.258. The molecular formula is C31H29Cl2F3N5O5P. The molecule has 1 aliphatic heterocycles. The van der Waals surface area contributed by atoms with Crippen LogP contribution in [0, 0.1) is 6.92 Å². The zero-order chi connectivity index (χ0) is 33.8. The normalized spacial score (nSPS) is 15.1. The highest BCUT2D eigenvalue weighted by Crippen LogP contribution is 2.53. The molecule has 5 rings (SSSR count). The molecule has 0 saturated carbocycles. The Morgan fingerprint density at radius 1 is 0.957 bits per heavy atom. The molecule has 47 heavy (non-hydrogen) atoms. The first-order valence-corrected chi connectivity index (χ1v) is 16.7. The number of rotatable bonds is 10. The summed E-state index contributed by atoms with van der Waals surface area (Å²) in [6.07, 6.45) is -4.75. The molecule has 248 valence electrons. The smallest absolute Gasteiger partial charge is 0.418 e. The van der Waals surface area contributed by atoms with Crippen LogP contribution in [0.15, 0.2) is 72.8 Å². The molecule has 3 aromatic carbocycles. The fourth-order valence-electron chi connectivity index (χ4n) is 4.99. The topological polar surface area (TPSA) is 115 Å². The number of benzene rings is 3. The van der Waals surface area contributed by atoms with E-state index < -0.39 is 36.7 Å². The second-order valence-electron chi connectivity index (χ2n) is 10.4. The first-order chi connectivity index (χ1) is 22.4. The number of alkyl halides is 3. The molecule has 0 bridgehead atoms. The van der Waals surface area contributed by atoms with Gasteiger partial charge in [0.2, 0.25) is 0 Å². The Hall–Kier alpha value is -3.87. The van der Waals surface area contributed by atoms with Gasteiger partial charge in [-0.2, -0.15) is 18.3 Å². The lowest BCUT2D eigenvalue weighted by molar-refractivity contribution is -0.136. The van der Waals surface area contributed by atoms with E-state index in [1.165, 1.54) is 70.9 Å². The number of nitrogens with one attached hydrogen (secondary N) is 2. The molecule has 1 amide bonds. The average molecular weight is 710 g/mol. The minimum absolute atomic E-state index is 0.0114. The lowest BCUT2D eigenvalue weighted by atomic mass is 10.2. The molecule has 1 fully saturated rings. The summed E-state index contributed by atoms with van der Waals surface area (Å²) < 4.78 is 71.2. The Kier molecular flexibility index (Phi) is 10.6. The van der Waals surface area contributed by atoms with Crippen LogP contribution >= 0.6 is 30.6 Å². The maximum Gasteiger partial charge on any atom is 0.418 e. The molecule has 1 atom stereocenters. The third kappa shape index (κ3) is 7.99. The van der Waals surface area contributed by atoms with Gasteiger partial charge in [0, 0.05) is 28.7 Å². The van der Waals surface area contributed by atoms with Gasteiger partial charge in [-0.05, 0) is 67.6 Å². The molecule has 1 saturated heterocycles. The molecule has 1 aliphatic rings. The van der Waals surface area contributed by atoms with E-state index in [-0.39, 0.29) is 67.4 Å². The second-order valence-corrected chi connectivity index (χ2v) is 13.7. The SMILES string of the molecule is Cc1nn(CCOC(=O)c2ccc(Cl)cc2)c(NC(=O)c2ccc(Cl)cc2)c1[P@](=O)(Nc1ccccc1C(F)(F)F)N1CCOCC1. The van der Waals surface area contributed by atoms with Crippen LogP contribution in [0.5, 0.6) is 0 Å². The zero-order valence-corrected chi connectivity index (χ0v) is 27.3. The predicted molar refractivity (Wildman–Crippen MR) is 173 cm³/mol. The Morgan fingerprint density at radius 2 is 1.55 bits per heavy atom. The van der Waals surface area contributed by atoms with E-state index in [2.05, 4.69) is 15.5 Å². The number of carbonyl (C=O) groups is 2. The number of para-hydroxylation sites is 1. The van der Waals surface area contributed by atoms with Crippen molar-refractivity contribution in [2.24, 2.45) is 0 Å². The van der Waals surface area contributed by atoms with Crippen LogP contribution in [0.4, 0.5) is 24.7 Å². The Morgan fingerprint density at radius 3 is 2.17 bits per heavy atom. The van der Waals surface area contributed by atoms with Gasteiger partial charge >= 0.3 is 12.1 Å². The summed E-state index contributed by atoms with van der Waals surface area (Å²) in [6, 6.07) is 16.8. The van der Waals surface area contributed by atoms with Crippen LogP contribution in [-0.2, 0) is 26.8 Å². The fourth-order valence-corrected chi connectivity index (χ4v) is 7.97. The average Bonchev–Trinajstić information content (AvgIpc) is 3.36. The summed E-state index contributed by atoms with van der Waals surface area (Å²) >= 11 is 11.9. The van der Waals surface area contributed by atoms with Gasteiger partial charge in [-0.15, -0.1) is 0 Å². The molecule has 0 spiro atoms. The van der Waals surface area contributed by atoms with Crippen molar-refractivity contribution in [1.82, 2.24) is 14.5 Å². The minimum Gasteiger partial charge on any atom is -0.460 e. The number of amides is 1. The molecule has 4 aromatic rings. The molecule has 16 heteroatoms. The molecule has 0 unspecified atom stereocenters. The lowest BCUT2D eigenvalue weighted by Crippen LogP contribution is -2.40. The van der Waals surface area contributed by atoms with Crippen LogP contribution in [0.2, 0.25) is 10.0 Å². The number of hydrogen-bond donors (Lipinski definition) is 2. The highest BCUT2D eigenvalue weighted by molar-refractivity contribution is 7.71. The highest BCUT2D eigenvalue weighted by Gasteiger charge is 2.43. The Labute approximate surface area is 278 Å². The van der Waals surface area contributed by atoms with E-state index in [1.807, 2.05) is 0 Å². The highest BCUT2D eigenvalue weighted by atomic mass is 35.5. The Balaban J connectivity index is 1.56. The molecule has 0 aliphatic carbocycles. The third-order valence-electron chi connectivity index (χ3n) is 7.24. The summed E-state index contributed by atoms with van der Waals surface area (Å²) in [4.78, 5) is 26.1. The molecule has 2 heterocycles. The number of ether oxygens (including phenoxy) is 2. The van der Waals surface area contributed by atoms with Gasteiger partial charge in [0.05, 0.1) is 42.3 Å². The Bertz CT molecular complexity index is 1800. The molecular weight excluding hydrogens is 681 g/mol. The molecule has 0 radical (unpaired) electrons. The van der Waals surface area contributed by atoms with E-state index in [0.29, 0.717) is 10.0 Å². The van der Waals surface area contributed by atoms with Crippen molar-refractivity contribution in [3.63, 3.8) is 0 Å². The van der Waals surface area contributed by atoms with E-state index in [9.17, 15) is 22.8 Å². The largest absolute Gasteiger partial charge is 0.460 e. The number of carbonyl (C=O) groups excluding carboxylic acids is 2. The van der Waals surface area contributed by atoms with Crippen molar-refractivity contribution in [3.8, 4) is 0 Å². The van der Waals surface area contributed by atoms with Gasteiger partial charge in [0.1, 0.15) is 17.7 Å². The van der Waals surface area contributed by atoms with E-state index in [4.69, 9.17) is 32.7 Å². The summed E-state index contributed by atoms with van der Waals surface area (Å²) in [5.74, 6) is -1.30. The summed E-state index contributed by atoms with van der Waals surface area (Å²) in [5, 5.41) is 10.8. The van der Waals surface area contributed by atoms with Crippen molar-refractivity contribution in [2.75, 3.05) is 43.3 Å². The van der Waals surface area contributed by atoms with Crippen molar-refractivity contribution < 1.29 is 36.8 Å². The number of aromatic nitrogens is 2. The predicted octanol–water partition coefficient (Wildman–Crippen LogP) is 6.89. The van der Waals surface area contributed by atoms with E-state index >= 15 is 4.57 Å². The second kappa shape index (κ2) is 14.5. The van der Waals surface area contributed by atoms with Gasteiger partial charge in [-0.25, -0.2) is 14.1 Å². The maximum atomic E-state index is 15.3. The van der Waals surface area contributed by atoms with Crippen molar-refractivity contribution in [3.05, 3.63) is 105 Å². The van der Waals surface area contributed by atoms with Crippen LogP contribution in [0.1, 0.15) is 32.0 Å². The quantitative estimate of drug-likeness (QED) is 0.135. The van der Waals surface area contributed by atoms with Crippen molar-refractivity contribution in [2.45, 2.75) is 19.6 Å². The van der Waals surface area contributed by atoms with Crippen LogP contribution < -0.4 is 15.7 Å². The standard InChI is InChI=1S/C31H29Cl2F3N5O5P/c1-20-27(47(44,40-14-17-45-18-15-40)39-26-5-3-2-4-25(26)31(34,35)36)28(37-29(42)21-6-10-23(32)11-7-21)41(38-20)16-19-46-30(43)22-8-12-24(33)13-9-22/h2-13H,14-19H2,1H3,(H,37,42)(H,39,44)/t47-/m0/s1. The van der Waals surface area contributed by atoms with Gasteiger partial charge in [-0.3, -0.25) is 9.36 Å². The zero-order valence-electron chi connectivity index (χ0n) is 24.9. The van der Waals surface area contributed by atoms with Crippen molar-refractivity contribution >= 4 is 59.3 Å². The van der Waals surface area contributed by atoms with Crippen LogP contribution in [-0.4, -0.2) is 59.2 Å². The number of nitrogens with zero attached hydrogens (tertiary/aromatic N) is 3. The monoisotopic (exact) mass is 709 g/mol. The third-order valence-corrected chi connectivity index (χ3v) is 10.6. The maximum absolute atomic E-state index is 15.3. The molecule has 1 aromatic heterocycles. The first kappa shape index (κ1) is 34.5. The number of hydrogen-bond acceptors (Lipinski definition) is 6. The van der Waals surface area contributed by atoms with Crippen LogP contribution in [0.25, 0.3) is 0 Å². The van der Waals surface area contributed by atoms with Crippen molar-refractivity contribution in [1.29, 1.82) is 0 Å². The minimum atomic E-state index is -4.75. The first-order valence-electron chi connectivity index (χ1n) is 14.3. The lowest BCUT2D eigenvalue weighted by Gasteiger charge is -2.36. The molecule has 2 N–H and O–H groups in total. The van der Waals surface area contributed by atoms with Gasteiger partial charge in [0.25, 0.3) is 13.4 Å². The van der Waals surface area contributed by atoms with E-state index in [1.54, 1.807) is 12.1 Å². The number of esters is 1. The summed E-state index contributed by atoms with van der Waals surface area (Å²) in [5.41, 5.74) is -0.788. The summed E-state index contributed by atoms with van der Waals surface area (Å²) in [7, 11) is -4.22. The number of morpholine rings is 1.